The van der Waals surface area contributed by atoms with Crippen molar-refractivity contribution in [3.63, 3.8) is 0 Å². The summed E-state index contributed by atoms with van der Waals surface area (Å²) in [7, 11) is -3.61. The second kappa shape index (κ2) is 6.11. The minimum atomic E-state index is -3.61. The molecule has 0 amide bonds. The molecule has 1 aliphatic rings. The fourth-order valence-corrected chi connectivity index (χ4v) is 4.79. The van der Waals surface area contributed by atoms with E-state index in [9.17, 15) is 18.3 Å². The van der Waals surface area contributed by atoms with Gasteiger partial charge in [-0.25, -0.2) is 8.42 Å². The normalized spacial score (nSPS) is 23.3. The van der Waals surface area contributed by atoms with Crippen LogP contribution in [0.5, 0.6) is 0 Å². The van der Waals surface area contributed by atoms with Gasteiger partial charge in [-0.2, -0.15) is 4.31 Å². The quantitative estimate of drug-likeness (QED) is 0.855. The van der Waals surface area contributed by atoms with Gasteiger partial charge in [-0.15, -0.1) is 0 Å². The lowest BCUT2D eigenvalue weighted by Crippen LogP contribution is -2.53. The molecular formula is C14H20N2O4S. The monoisotopic (exact) mass is 312 g/mol. The largest absolute Gasteiger partial charge is 0.480 e. The summed E-state index contributed by atoms with van der Waals surface area (Å²) in [6.07, 6.45) is 3.15. The summed E-state index contributed by atoms with van der Waals surface area (Å²) in [5.74, 6) is -1.16. The smallest absolute Gasteiger partial charge is 0.325 e. The van der Waals surface area contributed by atoms with Crippen molar-refractivity contribution >= 4 is 16.0 Å². The van der Waals surface area contributed by atoms with E-state index in [-0.39, 0.29) is 18.7 Å². The van der Waals surface area contributed by atoms with Crippen LogP contribution in [0.4, 0.5) is 0 Å². The average molecular weight is 312 g/mol. The molecule has 2 heterocycles. The van der Waals surface area contributed by atoms with Crippen LogP contribution >= 0.6 is 0 Å². The molecule has 1 atom stereocenters. The van der Waals surface area contributed by atoms with E-state index in [1.165, 1.54) is 4.31 Å². The van der Waals surface area contributed by atoms with Crippen molar-refractivity contribution in [1.82, 2.24) is 9.29 Å². The zero-order valence-electron chi connectivity index (χ0n) is 12.0. The molecule has 0 aromatic carbocycles. The van der Waals surface area contributed by atoms with Crippen molar-refractivity contribution in [1.29, 1.82) is 0 Å². The van der Waals surface area contributed by atoms with Gasteiger partial charge >= 0.3 is 5.97 Å². The van der Waals surface area contributed by atoms with Crippen LogP contribution in [-0.4, -0.2) is 46.6 Å². The molecule has 1 fully saturated rings. The molecule has 0 spiro atoms. The molecule has 21 heavy (non-hydrogen) atoms. The molecule has 2 rings (SSSR count). The molecule has 1 unspecified atom stereocenters. The van der Waals surface area contributed by atoms with Crippen LogP contribution in [0.1, 0.15) is 31.9 Å². The molecular weight excluding hydrogens is 292 g/mol. The summed E-state index contributed by atoms with van der Waals surface area (Å²) in [4.78, 5) is 15.7. The standard InChI is InChI=1S/C14H20N2O4S/c1-2-14(13(17)18)8-5-10-16(14)21(19,20)11-7-12-6-3-4-9-15-12/h3-4,6,9H,2,5,7-8,10-11H2,1H3,(H,17,18). The number of hydrogen-bond donors (Lipinski definition) is 1. The van der Waals surface area contributed by atoms with Gasteiger partial charge in [0.2, 0.25) is 10.0 Å². The maximum absolute atomic E-state index is 12.5. The number of aromatic nitrogens is 1. The first-order chi connectivity index (χ1) is 9.92. The Morgan fingerprint density at radius 1 is 1.48 bits per heavy atom. The third kappa shape index (κ3) is 3.08. The molecule has 1 aliphatic heterocycles. The second-order valence-electron chi connectivity index (χ2n) is 5.25. The third-order valence-corrected chi connectivity index (χ3v) is 6.01. The van der Waals surface area contributed by atoms with E-state index in [0.29, 0.717) is 25.0 Å². The topological polar surface area (TPSA) is 87.6 Å². The number of hydrogen-bond acceptors (Lipinski definition) is 4. The summed E-state index contributed by atoms with van der Waals surface area (Å²) in [5.41, 5.74) is -0.583. The summed E-state index contributed by atoms with van der Waals surface area (Å²) < 4.78 is 26.2. The second-order valence-corrected chi connectivity index (χ2v) is 7.27. The number of sulfonamides is 1. The van der Waals surface area contributed by atoms with Crippen molar-refractivity contribution in [2.75, 3.05) is 12.3 Å². The number of nitrogens with zero attached hydrogens (tertiary/aromatic N) is 2. The molecule has 0 aliphatic carbocycles. The Kier molecular flexibility index (Phi) is 4.63. The third-order valence-electron chi connectivity index (χ3n) is 4.09. The molecule has 7 heteroatoms. The highest BCUT2D eigenvalue weighted by atomic mass is 32.2. The van der Waals surface area contributed by atoms with Crippen molar-refractivity contribution in [3.8, 4) is 0 Å². The van der Waals surface area contributed by atoms with E-state index < -0.39 is 21.5 Å². The van der Waals surface area contributed by atoms with E-state index >= 15 is 0 Å². The molecule has 1 saturated heterocycles. The van der Waals surface area contributed by atoms with E-state index in [1.54, 1.807) is 31.3 Å². The van der Waals surface area contributed by atoms with Gasteiger partial charge in [0.15, 0.2) is 0 Å². The van der Waals surface area contributed by atoms with Gasteiger partial charge in [0.05, 0.1) is 5.75 Å². The Morgan fingerprint density at radius 2 is 2.24 bits per heavy atom. The number of carboxylic acids is 1. The number of pyridine rings is 1. The molecule has 1 aromatic rings. The highest BCUT2D eigenvalue weighted by molar-refractivity contribution is 7.89. The SMILES string of the molecule is CCC1(C(=O)O)CCCN1S(=O)(=O)CCc1ccccn1. The number of aliphatic carboxylic acids is 1. The van der Waals surface area contributed by atoms with Gasteiger partial charge in [0.1, 0.15) is 5.54 Å². The predicted octanol–water partition coefficient (Wildman–Crippen LogP) is 1.28. The fourth-order valence-electron chi connectivity index (χ4n) is 2.87. The van der Waals surface area contributed by atoms with Crippen molar-refractivity contribution in [3.05, 3.63) is 30.1 Å². The van der Waals surface area contributed by atoms with Gasteiger partial charge in [0, 0.05) is 24.9 Å². The Balaban J connectivity index is 2.17. The Labute approximate surface area is 124 Å². The lowest BCUT2D eigenvalue weighted by Gasteiger charge is -2.32. The number of rotatable bonds is 6. The fraction of sp³-hybridized carbons (Fsp3) is 0.571. The lowest BCUT2D eigenvalue weighted by atomic mass is 9.95. The van der Waals surface area contributed by atoms with Crippen molar-refractivity contribution < 1.29 is 18.3 Å². The van der Waals surface area contributed by atoms with Crippen LogP contribution in [0.15, 0.2) is 24.4 Å². The summed E-state index contributed by atoms with van der Waals surface area (Å²) >= 11 is 0. The Hall–Kier alpha value is -1.47. The molecule has 116 valence electrons. The van der Waals surface area contributed by atoms with E-state index in [0.717, 1.165) is 0 Å². The highest BCUT2D eigenvalue weighted by Gasteiger charge is 2.51. The average Bonchev–Trinajstić information content (AvgIpc) is 2.92. The molecule has 0 bridgehead atoms. The van der Waals surface area contributed by atoms with Crippen LogP contribution in [0, 0.1) is 0 Å². The van der Waals surface area contributed by atoms with Crippen LogP contribution in [0.25, 0.3) is 0 Å². The lowest BCUT2D eigenvalue weighted by molar-refractivity contribution is -0.147. The van der Waals surface area contributed by atoms with Gasteiger partial charge in [-0.1, -0.05) is 13.0 Å². The van der Waals surface area contributed by atoms with Crippen molar-refractivity contribution in [2.24, 2.45) is 0 Å². The van der Waals surface area contributed by atoms with Crippen molar-refractivity contribution in [2.45, 2.75) is 38.1 Å². The number of carbonyl (C=O) groups is 1. The zero-order valence-corrected chi connectivity index (χ0v) is 12.8. The molecule has 6 nitrogen and oxygen atoms in total. The van der Waals surface area contributed by atoms with Crippen LogP contribution in [-0.2, 0) is 21.2 Å². The molecule has 1 N–H and O–H groups in total. The first-order valence-corrected chi connectivity index (χ1v) is 8.67. The molecule has 0 saturated carbocycles. The maximum atomic E-state index is 12.5. The predicted molar refractivity (Wildman–Crippen MR) is 78.3 cm³/mol. The molecule has 1 aromatic heterocycles. The van der Waals surface area contributed by atoms with Gasteiger partial charge in [-0.3, -0.25) is 9.78 Å². The maximum Gasteiger partial charge on any atom is 0.325 e. The van der Waals surface area contributed by atoms with E-state index in [1.807, 2.05) is 0 Å². The van der Waals surface area contributed by atoms with Gasteiger partial charge in [0.25, 0.3) is 0 Å². The summed E-state index contributed by atoms with van der Waals surface area (Å²) in [6, 6.07) is 5.34. The first kappa shape index (κ1) is 15.9. The van der Waals surface area contributed by atoms with E-state index in [4.69, 9.17) is 0 Å². The Bertz CT molecular complexity index is 603. The first-order valence-electron chi connectivity index (χ1n) is 7.06. The van der Waals surface area contributed by atoms with Gasteiger partial charge in [-0.05, 0) is 31.4 Å². The van der Waals surface area contributed by atoms with Gasteiger partial charge < -0.3 is 5.11 Å². The number of aryl methyl sites for hydroxylation is 1. The van der Waals surface area contributed by atoms with E-state index in [2.05, 4.69) is 4.98 Å². The Morgan fingerprint density at radius 3 is 2.81 bits per heavy atom. The minimum Gasteiger partial charge on any atom is -0.480 e. The summed E-state index contributed by atoms with van der Waals surface area (Å²) in [5, 5.41) is 9.46. The minimum absolute atomic E-state index is 0.112. The zero-order chi connectivity index (χ0) is 15.5. The number of carboxylic acid groups (broad SMARTS) is 1. The van der Waals surface area contributed by atoms with Crippen LogP contribution in [0.2, 0.25) is 0 Å². The van der Waals surface area contributed by atoms with Crippen LogP contribution in [0.3, 0.4) is 0 Å². The highest BCUT2D eigenvalue weighted by Crippen LogP contribution is 2.35. The summed E-state index contributed by atoms with van der Waals surface area (Å²) in [6.45, 7) is 2.01. The molecule has 0 radical (unpaired) electrons. The van der Waals surface area contributed by atoms with Crippen LogP contribution < -0.4 is 0 Å².